The molecular weight excluding hydrogens is 280 g/mol. The molecule has 0 atom stereocenters. The summed E-state index contributed by atoms with van der Waals surface area (Å²) in [6.07, 6.45) is 0. The monoisotopic (exact) mass is 300 g/mol. The largest absolute Gasteiger partial charge is 0.497 e. The average Bonchev–Trinajstić information content (AvgIpc) is 2.50. The van der Waals surface area contributed by atoms with Crippen LogP contribution in [-0.4, -0.2) is 20.3 Å². The van der Waals surface area contributed by atoms with E-state index in [0.29, 0.717) is 17.2 Å². The molecule has 116 valence electrons. The molecule has 0 aliphatic rings. The highest BCUT2D eigenvalue weighted by molar-refractivity contribution is 6.00. The van der Waals surface area contributed by atoms with Gasteiger partial charge in [-0.2, -0.15) is 0 Å². The summed E-state index contributed by atoms with van der Waals surface area (Å²) in [5, 5.41) is 5.62. The van der Waals surface area contributed by atoms with Gasteiger partial charge in [0.1, 0.15) is 11.5 Å². The van der Waals surface area contributed by atoms with Gasteiger partial charge in [0.25, 0.3) is 0 Å². The summed E-state index contributed by atoms with van der Waals surface area (Å²) >= 11 is 0. The van der Waals surface area contributed by atoms with Crippen molar-refractivity contribution in [3.63, 3.8) is 0 Å². The van der Waals surface area contributed by atoms with Crippen LogP contribution in [0.3, 0.4) is 0 Å². The molecule has 22 heavy (non-hydrogen) atoms. The summed E-state index contributed by atoms with van der Waals surface area (Å²) in [5.41, 5.74) is 3.47. The summed E-state index contributed by atoms with van der Waals surface area (Å²) in [5.74, 6) is 1.22. The molecule has 2 N–H and O–H groups in total. The van der Waals surface area contributed by atoms with E-state index in [1.807, 2.05) is 32.0 Å². The summed E-state index contributed by atoms with van der Waals surface area (Å²) < 4.78 is 10.4. The predicted octanol–water partition coefficient (Wildman–Crippen LogP) is 3.96. The molecular formula is C17H20N2O3. The quantitative estimate of drug-likeness (QED) is 0.898. The van der Waals surface area contributed by atoms with Gasteiger partial charge in [0.2, 0.25) is 0 Å². The minimum atomic E-state index is -0.316. The van der Waals surface area contributed by atoms with Crippen LogP contribution in [0.25, 0.3) is 0 Å². The van der Waals surface area contributed by atoms with Gasteiger partial charge in [0.05, 0.1) is 14.2 Å². The van der Waals surface area contributed by atoms with Gasteiger partial charge in [-0.05, 0) is 31.0 Å². The number of amides is 2. The van der Waals surface area contributed by atoms with E-state index >= 15 is 0 Å². The Balaban J connectivity index is 2.13. The molecule has 0 heterocycles. The van der Waals surface area contributed by atoms with E-state index in [1.165, 1.54) is 0 Å². The smallest absolute Gasteiger partial charge is 0.323 e. The Labute approximate surface area is 130 Å². The van der Waals surface area contributed by atoms with Crippen LogP contribution in [0.2, 0.25) is 0 Å². The minimum Gasteiger partial charge on any atom is -0.497 e. The van der Waals surface area contributed by atoms with Crippen molar-refractivity contribution in [3.8, 4) is 11.5 Å². The standard InChI is InChI=1S/C17H20N2O3/c1-11-5-6-12(2)16(7-11)19-17(20)18-13-8-14(21-3)10-15(9-13)22-4/h5-10H,1-4H3,(H2,18,19,20). The summed E-state index contributed by atoms with van der Waals surface area (Å²) in [7, 11) is 3.13. The summed E-state index contributed by atoms with van der Waals surface area (Å²) in [4.78, 5) is 12.1. The Kier molecular flexibility index (Phi) is 4.88. The van der Waals surface area contributed by atoms with Crippen molar-refractivity contribution in [1.82, 2.24) is 0 Å². The molecule has 0 aromatic heterocycles. The molecule has 0 aliphatic heterocycles. The van der Waals surface area contributed by atoms with Crippen molar-refractivity contribution in [1.29, 1.82) is 0 Å². The van der Waals surface area contributed by atoms with E-state index in [1.54, 1.807) is 32.4 Å². The molecule has 0 spiro atoms. The van der Waals surface area contributed by atoms with Gasteiger partial charge in [-0.3, -0.25) is 0 Å². The number of hydrogen-bond acceptors (Lipinski definition) is 3. The summed E-state index contributed by atoms with van der Waals surface area (Å²) in [6.45, 7) is 3.93. The second kappa shape index (κ2) is 6.85. The Morgan fingerprint density at radius 2 is 1.55 bits per heavy atom. The molecule has 0 saturated carbocycles. The summed E-state index contributed by atoms with van der Waals surface area (Å²) in [6, 6.07) is 10.8. The number of rotatable bonds is 4. The van der Waals surface area contributed by atoms with Crippen LogP contribution in [0.1, 0.15) is 11.1 Å². The molecule has 0 saturated heterocycles. The van der Waals surface area contributed by atoms with Gasteiger partial charge in [0, 0.05) is 29.6 Å². The highest BCUT2D eigenvalue weighted by atomic mass is 16.5. The third-order valence-corrected chi connectivity index (χ3v) is 3.25. The number of aryl methyl sites for hydroxylation is 2. The Morgan fingerprint density at radius 1 is 0.909 bits per heavy atom. The van der Waals surface area contributed by atoms with Crippen LogP contribution >= 0.6 is 0 Å². The first-order chi connectivity index (χ1) is 10.5. The normalized spacial score (nSPS) is 10.0. The molecule has 0 fully saturated rings. The van der Waals surface area contributed by atoms with Crippen molar-refractivity contribution in [2.24, 2.45) is 0 Å². The van der Waals surface area contributed by atoms with E-state index < -0.39 is 0 Å². The van der Waals surface area contributed by atoms with Gasteiger partial charge >= 0.3 is 6.03 Å². The van der Waals surface area contributed by atoms with Gasteiger partial charge in [0.15, 0.2) is 0 Å². The third-order valence-electron chi connectivity index (χ3n) is 3.25. The van der Waals surface area contributed by atoms with Crippen molar-refractivity contribution in [2.45, 2.75) is 13.8 Å². The molecule has 0 unspecified atom stereocenters. The van der Waals surface area contributed by atoms with Crippen LogP contribution in [0.15, 0.2) is 36.4 Å². The minimum absolute atomic E-state index is 0.316. The highest BCUT2D eigenvalue weighted by Crippen LogP contribution is 2.26. The van der Waals surface area contributed by atoms with Crippen LogP contribution < -0.4 is 20.1 Å². The van der Waals surface area contributed by atoms with Gasteiger partial charge < -0.3 is 20.1 Å². The number of methoxy groups -OCH3 is 2. The second-order valence-corrected chi connectivity index (χ2v) is 5.00. The lowest BCUT2D eigenvalue weighted by Crippen LogP contribution is -2.20. The molecule has 5 heteroatoms. The topological polar surface area (TPSA) is 59.6 Å². The number of benzene rings is 2. The first-order valence-corrected chi connectivity index (χ1v) is 6.90. The number of urea groups is 1. The number of nitrogens with one attached hydrogen (secondary N) is 2. The first kappa shape index (κ1) is 15.7. The Hall–Kier alpha value is -2.69. The third kappa shape index (κ3) is 3.91. The van der Waals surface area contributed by atoms with Crippen LogP contribution in [0.4, 0.5) is 16.2 Å². The Bertz CT molecular complexity index is 661. The molecule has 0 bridgehead atoms. The van der Waals surface area contributed by atoms with E-state index in [2.05, 4.69) is 10.6 Å². The van der Waals surface area contributed by atoms with Crippen LogP contribution in [0, 0.1) is 13.8 Å². The van der Waals surface area contributed by atoms with Crippen LogP contribution in [0.5, 0.6) is 11.5 Å². The van der Waals surface area contributed by atoms with Crippen molar-refractivity contribution in [2.75, 3.05) is 24.9 Å². The lowest BCUT2D eigenvalue weighted by atomic mass is 10.1. The molecule has 0 radical (unpaired) electrons. The van der Waals surface area contributed by atoms with Crippen molar-refractivity contribution in [3.05, 3.63) is 47.5 Å². The fourth-order valence-corrected chi connectivity index (χ4v) is 2.03. The fraction of sp³-hybridized carbons (Fsp3) is 0.235. The number of ether oxygens (including phenoxy) is 2. The molecule has 2 amide bonds. The van der Waals surface area contributed by atoms with Gasteiger partial charge in [-0.1, -0.05) is 12.1 Å². The average molecular weight is 300 g/mol. The van der Waals surface area contributed by atoms with Crippen LogP contribution in [-0.2, 0) is 0 Å². The number of hydrogen-bond donors (Lipinski definition) is 2. The second-order valence-electron chi connectivity index (χ2n) is 5.00. The molecule has 0 aliphatic carbocycles. The number of carbonyl (C=O) groups is 1. The maximum Gasteiger partial charge on any atom is 0.323 e. The maximum absolute atomic E-state index is 12.1. The van der Waals surface area contributed by atoms with Crippen molar-refractivity contribution < 1.29 is 14.3 Å². The molecule has 2 rings (SSSR count). The molecule has 2 aromatic rings. The molecule has 5 nitrogen and oxygen atoms in total. The van der Waals surface area contributed by atoms with E-state index in [-0.39, 0.29) is 6.03 Å². The zero-order chi connectivity index (χ0) is 16.1. The fourth-order valence-electron chi connectivity index (χ4n) is 2.03. The lowest BCUT2D eigenvalue weighted by molar-refractivity contribution is 0.262. The zero-order valence-corrected chi connectivity index (χ0v) is 13.2. The Morgan fingerprint density at radius 3 is 2.14 bits per heavy atom. The highest BCUT2D eigenvalue weighted by Gasteiger charge is 2.08. The number of anilines is 2. The first-order valence-electron chi connectivity index (χ1n) is 6.90. The SMILES string of the molecule is COc1cc(NC(=O)Nc2cc(C)ccc2C)cc(OC)c1. The van der Waals surface area contributed by atoms with E-state index in [4.69, 9.17) is 9.47 Å². The van der Waals surface area contributed by atoms with Gasteiger partial charge in [-0.15, -0.1) is 0 Å². The zero-order valence-electron chi connectivity index (χ0n) is 13.2. The molecule has 2 aromatic carbocycles. The van der Waals surface area contributed by atoms with Crippen molar-refractivity contribution >= 4 is 17.4 Å². The predicted molar refractivity (Wildman–Crippen MR) is 88.1 cm³/mol. The van der Waals surface area contributed by atoms with E-state index in [0.717, 1.165) is 16.8 Å². The lowest BCUT2D eigenvalue weighted by Gasteiger charge is -2.12. The maximum atomic E-state index is 12.1. The number of carbonyl (C=O) groups excluding carboxylic acids is 1. The van der Waals surface area contributed by atoms with E-state index in [9.17, 15) is 4.79 Å². The van der Waals surface area contributed by atoms with Gasteiger partial charge in [-0.25, -0.2) is 4.79 Å².